The fourth-order valence-corrected chi connectivity index (χ4v) is 2.23. The first-order chi connectivity index (χ1) is 8.52. The highest BCUT2D eigenvalue weighted by molar-refractivity contribution is 5.72. The molecule has 1 aliphatic heterocycles. The molecular weight excluding hydrogens is 234 g/mol. The third-order valence-corrected chi connectivity index (χ3v) is 3.13. The van der Waals surface area contributed by atoms with Crippen molar-refractivity contribution in [2.75, 3.05) is 33.4 Å². The van der Waals surface area contributed by atoms with Crippen molar-refractivity contribution in [1.29, 1.82) is 0 Å². The van der Waals surface area contributed by atoms with Gasteiger partial charge in [-0.2, -0.15) is 0 Å². The molecule has 1 rings (SSSR count). The van der Waals surface area contributed by atoms with Gasteiger partial charge in [0.25, 0.3) is 0 Å². The third-order valence-electron chi connectivity index (χ3n) is 3.13. The number of nitrogens with zero attached hydrogens (tertiary/aromatic N) is 1. The molecule has 0 aromatic carbocycles. The van der Waals surface area contributed by atoms with Crippen LogP contribution in [0.5, 0.6) is 0 Å². The number of rotatable bonds is 6. The van der Waals surface area contributed by atoms with Crippen molar-refractivity contribution in [1.82, 2.24) is 4.90 Å². The van der Waals surface area contributed by atoms with Gasteiger partial charge in [0.2, 0.25) is 0 Å². The van der Waals surface area contributed by atoms with Gasteiger partial charge in [-0.25, -0.2) is 0 Å². The van der Waals surface area contributed by atoms with Crippen molar-refractivity contribution in [3.05, 3.63) is 0 Å². The van der Waals surface area contributed by atoms with E-state index in [9.17, 15) is 9.90 Å². The largest absolute Gasteiger partial charge is 0.469 e. The molecule has 1 saturated heterocycles. The van der Waals surface area contributed by atoms with Crippen LogP contribution in [0.15, 0.2) is 0 Å². The Morgan fingerprint density at radius 3 is 2.83 bits per heavy atom. The standard InChI is InChI=1S/C13H25NO4/c1-10(2)18-9-12(15)8-14-6-4-5-11(7-14)13(16)17-3/h10-12,15H,4-9H2,1-3H3. The van der Waals surface area contributed by atoms with Crippen molar-refractivity contribution >= 4 is 5.97 Å². The summed E-state index contributed by atoms with van der Waals surface area (Å²) in [5, 5.41) is 9.85. The minimum Gasteiger partial charge on any atom is -0.469 e. The van der Waals surface area contributed by atoms with Crippen LogP contribution in [-0.2, 0) is 14.3 Å². The van der Waals surface area contributed by atoms with Gasteiger partial charge in [-0.1, -0.05) is 0 Å². The van der Waals surface area contributed by atoms with Crippen molar-refractivity contribution in [2.24, 2.45) is 5.92 Å². The van der Waals surface area contributed by atoms with Gasteiger partial charge in [-0.3, -0.25) is 9.69 Å². The highest BCUT2D eigenvalue weighted by Gasteiger charge is 2.27. The van der Waals surface area contributed by atoms with Crippen molar-refractivity contribution in [3.63, 3.8) is 0 Å². The average molecular weight is 259 g/mol. The minimum absolute atomic E-state index is 0.0537. The van der Waals surface area contributed by atoms with Crippen LogP contribution < -0.4 is 0 Å². The van der Waals surface area contributed by atoms with Crippen LogP contribution in [0.1, 0.15) is 26.7 Å². The highest BCUT2D eigenvalue weighted by atomic mass is 16.5. The maximum absolute atomic E-state index is 11.5. The first-order valence-corrected chi connectivity index (χ1v) is 6.62. The topological polar surface area (TPSA) is 59.0 Å². The first kappa shape index (κ1) is 15.4. The number of carbonyl (C=O) groups is 1. The lowest BCUT2D eigenvalue weighted by molar-refractivity contribution is -0.147. The van der Waals surface area contributed by atoms with Crippen LogP contribution in [0.4, 0.5) is 0 Å². The Labute approximate surface area is 109 Å². The summed E-state index contributed by atoms with van der Waals surface area (Å²) in [4.78, 5) is 13.6. The molecule has 18 heavy (non-hydrogen) atoms. The monoisotopic (exact) mass is 259 g/mol. The van der Waals surface area contributed by atoms with Gasteiger partial charge in [0.1, 0.15) is 0 Å². The van der Waals surface area contributed by atoms with E-state index in [0.29, 0.717) is 19.7 Å². The fourth-order valence-electron chi connectivity index (χ4n) is 2.23. The summed E-state index contributed by atoms with van der Waals surface area (Å²) in [7, 11) is 1.42. The van der Waals surface area contributed by atoms with Gasteiger partial charge in [-0.05, 0) is 33.2 Å². The van der Waals surface area contributed by atoms with Gasteiger partial charge < -0.3 is 14.6 Å². The first-order valence-electron chi connectivity index (χ1n) is 6.62. The lowest BCUT2D eigenvalue weighted by Gasteiger charge is -2.32. The Morgan fingerprint density at radius 2 is 2.22 bits per heavy atom. The van der Waals surface area contributed by atoms with Crippen LogP contribution in [0.2, 0.25) is 0 Å². The molecule has 0 aliphatic carbocycles. The van der Waals surface area contributed by atoms with E-state index < -0.39 is 6.10 Å². The smallest absolute Gasteiger partial charge is 0.309 e. The van der Waals surface area contributed by atoms with Gasteiger partial charge >= 0.3 is 5.97 Å². The summed E-state index contributed by atoms with van der Waals surface area (Å²) < 4.78 is 10.1. The average Bonchev–Trinajstić information content (AvgIpc) is 2.35. The highest BCUT2D eigenvalue weighted by Crippen LogP contribution is 2.17. The van der Waals surface area contributed by atoms with Crippen molar-refractivity contribution < 1.29 is 19.4 Å². The van der Waals surface area contributed by atoms with Crippen LogP contribution in [-0.4, -0.2) is 61.5 Å². The molecule has 0 aromatic rings. The minimum atomic E-state index is -0.496. The molecule has 1 heterocycles. The second-order valence-corrected chi connectivity index (χ2v) is 5.16. The van der Waals surface area contributed by atoms with E-state index in [1.165, 1.54) is 7.11 Å². The molecule has 1 aliphatic rings. The van der Waals surface area contributed by atoms with Gasteiger partial charge in [-0.15, -0.1) is 0 Å². The van der Waals surface area contributed by atoms with E-state index >= 15 is 0 Å². The summed E-state index contributed by atoms with van der Waals surface area (Å²) in [6.07, 6.45) is 1.48. The number of aliphatic hydroxyl groups excluding tert-OH is 1. The lowest BCUT2D eigenvalue weighted by Crippen LogP contribution is -2.43. The summed E-state index contributed by atoms with van der Waals surface area (Å²) >= 11 is 0. The van der Waals surface area contributed by atoms with Crippen molar-refractivity contribution in [2.45, 2.75) is 38.9 Å². The lowest BCUT2D eigenvalue weighted by atomic mass is 9.98. The molecule has 0 aromatic heterocycles. The normalized spacial score (nSPS) is 23.1. The van der Waals surface area contributed by atoms with Crippen LogP contribution in [0.25, 0.3) is 0 Å². The fraction of sp³-hybridized carbons (Fsp3) is 0.923. The molecule has 0 spiro atoms. The van der Waals surface area contributed by atoms with E-state index in [1.54, 1.807) is 0 Å². The molecule has 0 bridgehead atoms. The second-order valence-electron chi connectivity index (χ2n) is 5.16. The number of carbonyl (C=O) groups excluding carboxylic acids is 1. The number of β-amino-alcohol motifs (C(OH)–C–C–N with tert-alkyl or cyclic N) is 1. The number of likely N-dealkylation sites (tertiary alicyclic amines) is 1. The summed E-state index contributed by atoms with van der Waals surface area (Å²) in [6, 6.07) is 0. The molecule has 2 unspecified atom stereocenters. The third kappa shape index (κ3) is 5.33. The molecule has 5 heteroatoms. The number of esters is 1. The number of ether oxygens (including phenoxy) is 2. The molecular formula is C13H25NO4. The molecule has 5 nitrogen and oxygen atoms in total. The number of piperidine rings is 1. The van der Waals surface area contributed by atoms with E-state index in [0.717, 1.165) is 19.4 Å². The predicted octanol–water partition coefficient (Wildman–Crippen LogP) is 0.657. The Kier molecular flexibility index (Phi) is 6.60. The zero-order chi connectivity index (χ0) is 13.5. The molecule has 1 N–H and O–H groups in total. The quantitative estimate of drug-likeness (QED) is 0.710. The molecule has 106 valence electrons. The Balaban J connectivity index is 2.31. The van der Waals surface area contributed by atoms with E-state index in [1.807, 2.05) is 13.8 Å². The molecule has 1 fully saturated rings. The van der Waals surface area contributed by atoms with E-state index in [2.05, 4.69) is 4.90 Å². The van der Waals surface area contributed by atoms with Gasteiger partial charge in [0, 0.05) is 13.1 Å². The summed E-state index contributed by atoms with van der Waals surface area (Å²) in [5.41, 5.74) is 0. The van der Waals surface area contributed by atoms with Crippen molar-refractivity contribution in [3.8, 4) is 0 Å². The molecule has 2 atom stereocenters. The van der Waals surface area contributed by atoms with Gasteiger partial charge in [0.05, 0.1) is 31.8 Å². The van der Waals surface area contributed by atoms with E-state index in [-0.39, 0.29) is 18.0 Å². The van der Waals surface area contributed by atoms with Crippen LogP contribution >= 0.6 is 0 Å². The zero-order valence-corrected chi connectivity index (χ0v) is 11.6. The van der Waals surface area contributed by atoms with Crippen LogP contribution in [0.3, 0.4) is 0 Å². The van der Waals surface area contributed by atoms with Gasteiger partial charge in [0.15, 0.2) is 0 Å². The molecule has 0 radical (unpaired) electrons. The number of methoxy groups -OCH3 is 1. The second kappa shape index (κ2) is 7.71. The SMILES string of the molecule is COC(=O)C1CCCN(CC(O)COC(C)C)C1. The number of hydrogen-bond acceptors (Lipinski definition) is 5. The Morgan fingerprint density at radius 1 is 1.50 bits per heavy atom. The zero-order valence-electron chi connectivity index (χ0n) is 11.6. The Bertz CT molecular complexity index is 257. The summed E-state index contributed by atoms with van der Waals surface area (Å²) in [5.74, 6) is -0.199. The number of aliphatic hydroxyl groups is 1. The molecule has 0 saturated carbocycles. The van der Waals surface area contributed by atoms with Crippen LogP contribution in [0, 0.1) is 5.92 Å². The maximum Gasteiger partial charge on any atom is 0.309 e. The molecule has 0 amide bonds. The predicted molar refractivity (Wildman–Crippen MR) is 68.3 cm³/mol. The van der Waals surface area contributed by atoms with E-state index in [4.69, 9.17) is 9.47 Å². The Hall–Kier alpha value is -0.650. The maximum atomic E-state index is 11.5. The number of hydrogen-bond donors (Lipinski definition) is 1. The summed E-state index contributed by atoms with van der Waals surface area (Å²) in [6.45, 7) is 6.39.